The summed E-state index contributed by atoms with van der Waals surface area (Å²) in [7, 11) is -7.09. The van der Waals surface area contributed by atoms with E-state index in [9.17, 15) is 31.3 Å². The third-order valence-corrected chi connectivity index (χ3v) is 5.24. The van der Waals surface area contributed by atoms with Crippen molar-refractivity contribution < 1.29 is 45.3 Å². The first-order chi connectivity index (χ1) is 12.4. The lowest BCUT2D eigenvalue weighted by Crippen LogP contribution is -2.09. The van der Waals surface area contributed by atoms with E-state index in [1.54, 1.807) is 0 Å². The van der Waals surface area contributed by atoms with Gasteiger partial charge >= 0.3 is 0 Å². The van der Waals surface area contributed by atoms with E-state index < -0.39 is 47.1 Å². The Morgan fingerprint density at radius 3 is 1.93 bits per heavy atom. The fourth-order valence-corrected chi connectivity index (χ4v) is 3.42. The molecule has 0 bridgehead atoms. The Morgan fingerprint density at radius 1 is 0.852 bits per heavy atom. The van der Waals surface area contributed by atoms with Crippen LogP contribution in [0, 0.1) is 0 Å². The van der Waals surface area contributed by atoms with Crippen LogP contribution in [-0.2, 0) is 20.2 Å². The third kappa shape index (κ3) is 4.19. The normalized spacial score (nSPS) is 11.9. The first-order valence-electron chi connectivity index (χ1n) is 6.99. The summed E-state index contributed by atoms with van der Waals surface area (Å²) in [4.78, 5) is 11.4. The molecule has 0 spiro atoms. The molecule has 0 fully saturated rings. The maximum atomic E-state index is 12.7. The molecular formula is C15H14O10S2. The number of ether oxygens (including phenoxy) is 2. The van der Waals surface area contributed by atoms with E-state index in [1.165, 1.54) is 0 Å². The zero-order valence-electron chi connectivity index (χ0n) is 13.9. The standard InChI is InChI=1S/C15H14O10S2/c1-24-12-5-8(26(18,19)20)3-4-9(12)15(17)10-6-14(27(21,22)23)13(25-2)7-11(10)16/h3-7,16H,1-2H3,(H,18,19,20)(H,21,22,23). The van der Waals surface area contributed by atoms with Crippen LogP contribution in [0.15, 0.2) is 40.1 Å². The summed E-state index contributed by atoms with van der Waals surface area (Å²) in [5.74, 6) is -2.22. The number of benzene rings is 2. The van der Waals surface area contributed by atoms with Crippen molar-refractivity contribution in [3.63, 3.8) is 0 Å². The van der Waals surface area contributed by atoms with Crippen LogP contribution < -0.4 is 9.47 Å². The smallest absolute Gasteiger partial charge is 0.298 e. The quantitative estimate of drug-likeness (QED) is 0.457. The number of ketones is 1. The second kappa shape index (κ2) is 7.15. The highest BCUT2D eigenvalue weighted by Gasteiger charge is 2.25. The van der Waals surface area contributed by atoms with Gasteiger partial charge < -0.3 is 14.6 Å². The van der Waals surface area contributed by atoms with Crippen LogP contribution in [0.5, 0.6) is 17.2 Å². The summed E-state index contributed by atoms with van der Waals surface area (Å²) >= 11 is 0. The summed E-state index contributed by atoms with van der Waals surface area (Å²) < 4.78 is 73.4. The Kier molecular flexibility index (Phi) is 5.47. The van der Waals surface area contributed by atoms with Gasteiger partial charge in [0.05, 0.1) is 30.2 Å². The van der Waals surface area contributed by atoms with Crippen LogP contribution in [0.3, 0.4) is 0 Å². The molecule has 10 nitrogen and oxygen atoms in total. The second-order valence-corrected chi connectivity index (χ2v) is 7.97. The van der Waals surface area contributed by atoms with Crippen molar-refractivity contribution in [2.24, 2.45) is 0 Å². The Labute approximate surface area is 154 Å². The van der Waals surface area contributed by atoms with E-state index in [0.717, 1.165) is 38.5 Å². The van der Waals surface area contributed by atoms with Crippen LogP contribution in [0.2, 0.25) is 0 Å². The van der Waals surface area contributed by atoms with Crippen molar-refractivity contribution in [2.75, 3.05) is 14.2 Å². The summed E-state index contributed by atoms with van der Waals surface area (Å²) in [5.41, 5.74) is -0.743. The predicted molar refractivity (Wildman–Crippen MR) is 90.7 cm³/mol. The van der Waals surface area contributed by atoms with Crippen molar-refractivity contribution in [1.82, 2.24) is 0 Å². The van der Waals surface area contributed by atoms with Crippen LogP contribution in [0.1, 0.15) is 15.9 Å². The van der Waals surface area contributed by atoms with Gasteiger partial charge in [0, 0.05) is 12.1 Å². The van der Waals surface area contributed by atoms with E-state index in [-0.39, 0.29) is 17.1 Å². The van der Waals surface area contributed by atoms with Crippen molar-refractivity contribution >= 4 is 26.0 Å². The van der Waals surface area contributed by atoms with Gasteiger partial charge in [-0.25, -0.2) is 0 Å². The van der Waals surface area contributed by atoms with E-state index in [1.807, 2.05) is 0 Å². The van der Waals surface area contributed by atoms with Gasteiger partial charge in [-0.1, -0.05) is 0 Å². The minimum absolute atomic E-state index is 0.230. The number of carbonyl (C=O) groups excluding carboxylic acids is 1. The molecule has 0 aliphatic carbocycles. The molecule has 12 heteroatoms. The number of phenols is 1. The highest BCUT2D eigenvalue weighted by molar-refractivity contribution is 7.86. The first kappa shape index (κ1) is 20.6. The van der Waals surface area contributed by atoms with Crippen LogP contribution in [-0.4, -0.2) is 51.1 Å². The van der Waals surface area contributed by atoms with Gasteiger partial charge in [-0.3, -0.25) is 13.9 Å². The Balaban J connectivity index is 2.68. The number of aromatic hydroxyl groups is 1. The highest BCUT2D eigenvalue weighted by atomic mass is 32.2. The minimum Gasteiger partial charge on any atom is -0.507 e. The molecule has 0 unspecified atom stereocenters. The van der Waals surface area contributed by atoms with E-state index in [0.29, 0.717) is 6.07 Å². The molecule has 146 valence electrons. The molecule has 0 radical (unpaired) electrons. The molecule has 2 aromatic rings. The first-order valence-corrected chi connectivity index (χ1v) is 9.87. The SMILES string of the molecule is COc1cc(S(=O)(=O)O)ccc1C(=O)c1cc(S(=O)(=O)O)c(OC)cc1O. The molecule has 3 N–H and O–H groups in total. The predicted octanol–water partition coefficient (Wildman–Crippen LogP) is 1.13. The minimum atomic E-state index is -4.77. The number of carbonyl (C=O) groups is 1. The summed E-state index contributed by atoms with van der Waals surface area (Å²) in [6.07, 6.45) is 0. The molecule has 0 saturated heterocycles. The van der Waals surface area contributed by atoms with Crippen molar-refractivity contribution in [3.8, 4) is 17.2 Å². The maximum absolute atomic E-state index is 12.7. The molecular weight excluding hydrogens is 404 g/mol. The van der Waals surface area contributed by atoms with Gasteiger partial charge in [-0.05, 0) is 18.2 Å². The second-order valence-electron chi connectivity index (χ2n) is 5.16. The molecule has 0 amide bonds. The van der Waals surface area contributed by atoms with Crippen molar-refractivity contribution in [3.05, 3.63) is 41.5 Å². The molecule has 0 aliphatic rings. The van der Waals surface area contributed by atoms with E-state index in [2.05, 4.69) is 0 Å². The Hall–Kier alpha value is -2.67. The largest absolute Gasteiger partial charge is 0.507 e. The lowest BCUT2D eigenvalue weighted by Gasteiger charge is -2.12. The molecule has 2 rings (SSSR count). The molecule has 2 aromatic carbocycles. The van der Waals surface area contributed by atoms with Gasteiger partial charge in [-0.2, -0.15) is 16.8 Å². The molecule has 0 atom stereocenters. The van der Waals surface area contributed by atoms with Crippen molar-refractivity contribution in [2.45, 2.75) is 9.79 Å². The lowest BCUT2D eigenvalue weighted by atomic mass is 10.0. The molecule has 0 heterocycles. The summed E-state index contributed by atoms with van der Waals surface area (Å²) in [6.45, 7) is 0. The van der Waals surface area contributed by atoms with Gasteiger partial charge in [0.1, 0.15) is 22.1 Å². The van der Waals surface area contributed by atoms with Gasteiger partial charge in [-0.15, -0.1) is 0 Å². The zero-order chi connectivity index (χ0) is 20.6. The van der Waals surface area contributed by atoms with E-state index >= 15 is 0 Å². The van der Waals surface area contributed by atoms with Gasteiger partial charge in [0.25, 0.3) is 20.2 Å². The topological polar surface area (TPSA) is 164 Å². The number of phenolic OH excluding ortho intramolecular Hbond substituents is 1. The van der Waals surface area contributed by atoms with Gasteiger partial charge in [0.2, 0.25) is 5.78 Å². The van der Waals surface area contributed by atoms with Crippen LogP contribution in [0.25, 0.3) is 0 Å². The van der Waals surface area contributed by atoms with Crippen LogP contribution >= 0.6 is 0 Å². The number of rotatable bonds is 6. The van der Waals surface area contributed by atoms with E-state index in [4.69, 9.17) is 14.0 Å². The lowest BCUT2D eigenvalue weighted by molar-refractivity contribution is 0.103. The molecule has 0 saturated carbocycles. The monoisotopic (exact) mass is 418 g/mol. The highest BCUT2D eigenvalue weighted by Crippen LogP contribution is 2.34. The fraction of sp³-hybridized carbons (Fsp3) is 0.133. The Morgan fingerprint density at radius 2 is 1.44 bits per heavy atom. The number of hydrogen-bond acceptors (Lipinski definition) is 8. The molecule has 0 aromatic heterocycles. The fourth-order valence-electron chi connectivity index (χ4n) is 2.26. The Bertz CT molecular complexity index is 1120. The maximum Gasteiger partial charge on any atom is 0.298 e. The molecule has 0 aliphatic heterocycles. The van der Waals surface area contributed by atoms with Gasteiger partial charge in [0.15, 0.2) is 0 Å². The van der Waals surface area contributed by atoms with Crippen LogP contribution in [0.4, 0.5) is 0 Å². The summed E-state index contributed by atoms with van der Waals surface area (Å²) in [5, 5.41) is 10.0. The number of hydrogen-bond donors (Lipinski definition) is 3. The average molecular weight is 418 g/mol. The molecule has 27 heavy (non-hydrogen) atoms. The summed E-state index contributed by atoms with van der Waals surface area (Å²) in [6, 6.07) is 4.36. The van der Waals surface area contributed by atoms with Crippen molar-refractivity contribution in [1.29, 1.82) is 0 Å². The average Bonchev–Trinajstić information content (AvgIpc) is 2.58. The number of methoxy groups -OCH3 is 2. The zero-order valence-corrected chi connectivity index (χ0v) is 15.5. The third-order valence-electron chi connectivity index (χ3n) is 3.52.